The fourth-order valence-corrected chi connectivity index (χ4v) is 1.94. The van der Waals surface area contributed by atoms with Gasteiger partial charge in [0.2, 0.25) is 5.91 Å². The van der Waals surface area contributed by atoms with Gasteiger partial charge < -0.3 is 10.1 Å². The average molecular weight is 274 g/mol. The van der Waals surface area contributed by atoms with Crippen molar-refractivity contribution in [2.45, 2.75) is 26.3 Å². The van der Waals surface area contributed by atoms with Crippen LogP contribution >= 0.6 is 0 Å². The number of aryl methyl sites for hydroxylation is 1. The molecule has 0 aliphatic heterocycles. The number of benzene rings is 1. The lowest BCUT2D eigenvalue weighted by Gasteiger charge is -2.12. The van der Waals surface area contributed by atoms with Gasteiger partial charge in [-0.2, -0.15) is 5.10 Å². The Balaban J connectivity index is 1.98. The highest BCUT2D eigenvalue weighted by Gasteiger charge is 2.12. The largest absolute Gasteiger partial charge is 0.496 e. The summed E-state index contributed by atoms with van der Waals surface area (Å²) in [5, 5.41) is 9.37. The molecule has 1 aromatic heterocycles. The second-order valence-electron chi connectivity index (χ2n) is 4.64. The molecule has 1 amide bonds. The van der Waals surface area contributed by atoms with Crippen LogP contribution in [0.3, 0.4) is 0 Å². The van der Waals surface area contributed by atoms with Gasteiger partial charge in [-0.05, 0) is 31.0 Å². The zero-order chi connectivity index (χ0) is 14.5. The van der Waals surface area contributed by atoms with Crippen LogP contribution < -0.4 is 10.1 Å². The molecule has 1 heterocycles. The van der Waals surface area contributed by atoms with E-state index in [4.69, 9.17) is 4.74 Å². The standard InChI is InChI=1S/C14H18N4O2/c1-9-4-5-11(6-12(9)20-3)7-13(19)17-10(2)14-15-8-16-18-14/h4-6,8,10H,7H2,1-3H3,(H,17,19)(H,15,16,18). The molecule has 0 aliphatic carbocycles. The molecule has 0 spiro atoms. The second kappa shape index (κ2) is 6.18. The van der Waals surface area contributed by atoms with Gasteiger partial charge >= 0.3 is 0 Å². The van der Waals surface area contributed by atoms with Crippen molar-refractivity contribution < 1.29 is 9.53 Å². The van der Waals surface area contributed by atoms with Gasteiger partial charge in [0.25, 0.3) is 0 Å². The summed E-state index contributed by atoms with van der Waals surface area (Å²) in [6.07, 6.45) is 1.72. The molecule has 2 N–H and O–H groups in total. The molecule has 0 fully saturated rings. The molecule has 6 heteroatoms. The minimum absolute atomic E-state index is 0.0696. The van der Waals surface area contributed by atoms with E-state index < -0.39 is 0 Å². The third-order valence-electron chi connectivity index (χ3n) is 3.06. The van der Waals surface area contributed by atoms with Crippen LogP contribution in [0.5, 0.6) is 5.75 Å². The second-order valence-corrected chi connectivity index (χ2v) is 4.64. The topological polar surface area (TPSA) is 79.9 Å². The van der Waals surface area contributed by atoms with Crippen LogP contribution in [0.2, 0.25) is 0 Å². The lowest BCUT2D eigenvalue weighted by molar-refractivity contribution is -0.121. The highest BCUT2D eigenvalue weighted by molar-refractivity contribution is 5.79. The fourth-order valence-electron chi connectivity index (χ4n) is 1.94. The van der Waals surface area contributed by atoms with Gasteiger partial charge in [-0.1, -0.05) is 12.1 Å². The van der Waals surface area contributed by atoms with Crippen molar-refractivity contribution >= 4 is 5.91 Å². The molecule has 20 heavy (non-hydrogen) atoms. The number of nitrogens with one attached hydrogen (secondary N) is 2. The Morgan fingerprint density at radius 1 is 1.50 bits per heavy atom. The summed E-state index contributed by atoms with van der Waals surface area (Å²) in [6, 6.07) is 5.56. The average Bonchev–Trinajstić information content (AvgIpc) is 2.95. The summed E-state index contributed by atoms with van der Waals surface area (Å²) in [5.41, 5.74) is 1.96. The highest BCUT2D eigenvalue weighted by atomic mass is 16.5. The third kappa shape index (κ3) is 3.34. The van der Waals surface area contributed by atoms with E-state index in [2.05, 4.69) is 20.5 Å². The molecule has 2 rings (SSSR count). The van der Waals surface area contributed by atoms with Gasteiger partial charge in [0, 0.05) is 0 Å². The maximum absolute atomic E-state index is 12.0. The predicted molar refractivity (Wildman–Crippen MR) is 74.4 cm³/mol. The number of ether oxygens (including phenoxy) is 1. The number of carbonyl (C=O) groups excluding carboxylic acids is 1. The van der Waals surface area contributed by atoms with Crippen molar-refractivity contribution in [3.63, 3.8) is 0 Å². The van der Waals surface area contributed by atoms with Crippen LogP contribution in [-0.2, 0) is 11.2 Å². The van der Waals surface area contributed by atoms with E-state index in [1.165, 1.54) is 6.33 Å². The third-order valence-corrected chi connectivity index (χ3v) is 3.06. The number of hydrogen-bond donors (Lipinski definition) is 2. The number of methoxy groups -OCH3 is 1. The normalized spacial score (nSPS) is 11.9. The van der Waals surface area contributed by atoms with Crippen LogP contribution in [0.25, 0.3) is 0 Å². The van der Waals surface area contributed by atoms with Crippen LogP contribution in [-0.4, -0.2) is 28.2 Å². The van der Waals surface area contributed by atoms with Gasteiger partial charge in [0.1, 0.15) is 17.9 Å². The molecule has 0 aliphatic rings. The number of carbonyl (C=O) groups is 1. The Kier molecular flexibility index (Phi) is 4.34. The smallest absolute Gasteiger partial charge is 0.225 e. The van der Waals surface area contributed by atoms with E-state index >= 15 is 0 Å². The van der Waals surface area contributed by atoms with Crippen molar-refractivity contribution in [2.75, 3.05) is 7.11 Å². The summed E-state index contributed by atoms with van der Waals surface area (Å²) in [4.78, 5) is 16.0. The number of aromatic nitrogens is 3. The SMILES string of the molecule is COc1cc(CC(=O)NC(C)c2ncn[nH]2)ccc1C. The lowest BCUT2D eigenvalue weighted by Crippen LogP contribution is -2.28. The van der Waals surface area contributed by atoms with E-state index in [9.17, 15) is 4.79 Å². The van der Waals surface area contributed by atoms with Crippen LogP contribution in [0.15, 0.2) is 24.5 Å². The first-order valence-corrected chi connectivity index (χ1v) is 6.38. The van der Waals surface area contributed by atoms with E-state index in [1.54, 1.807) is 7.11 Å². The fraction of sp³-hybridized carbons (Fsp3) is 0.357. The molecule has 1 atom stereocenters. The molecule has 2 aromatic rings. The van der Waals surface area contributed by atoms with Crippen LogP contribution in [0, 0.1) is 6.92 Å². The Hall–Kier alpha value is -2.37. The number of hydrogen-bond acceptors (Lipinski definition) is 4. The van der Waals surface area contributed by atoms with Crippen molar-refractivity contribution in [3.8, 4) is 5.75 Å². The molecule has 0 saturated carbocycles. The summed E-state index contributed by atoms with van der Waals surface area (Å²) in [7, 11) is 1.62. The van der Waals surface area contributed by atoms with E-state index in [0.29, 0.717) is 12.2 Å². The van der Waals surface area contributed by atoms with Gasteiger partial charge in [0.15, 0.2) is 0 Å². The summed E-state index contributed by atoms with van der Waals surface area (Å²) >= 11 is 0. The number of amides is 1. The minimum atomic E-state index is -0.197. The molecule has 106 valence electrons. The first-order valence-electron chi connectivity index (χ1n) is 6.38. The first-order chi connectivity index (χ1) is 9.60. The number of H-pyrrole nitrogens is 1. The molecule has 0 radical (unpaired) electrons. The maximum Gasteiger partial charge on any atom is 0.225 e. The van der Waals surface area contributed by atoms with Gasteiger partial charge in [-0.25, -0.2) is 4.98 Å². The Morgan fingerprint density at radius 2 is 2.30 bits per heavy atom. The quantitative estimate of drug-likeness (QED) is 0.866. The zero-order valence-corrected chi connectivity index (χ0v) is 11.8. The molecule has 6 nitrogen and oxygen atoms in total. The van der Waals surface area contributed by atoms with Crippen molar-refractivity contribution in [1.29, 1.82) is 0 Å². The van der Waals surface area contributed by atoms with E-state index in [1.807, 2.05) is 32.0 Å². The Bertz CT molecular complexity index is 581. The van der Waals surface area contributed by atoms with Gasteiger partial charge in [-0.3, -0.25) is 9.89 Å². The lowest BCUT2D eigenvalue weighted by atomic mass is 10.1. The van der Waals surface area contributed by atoms with Crippen LogP contribution in [0.4, 0.5) is 0 Å². The Labute approximate surface area is 117 Å². The van der Waals surface area contributed by atoms with Gasteiger partial charge in [-0.15, -0.1) is 0 Å². The number of aromatic amines is 1. The van der Waals surface area contributed by atoms with Crippen molar-refractivity contribution in [3.05, 3.63) is 41.5 Å². The Morgan fingerprint density at radius 3 is 2.95 bits per heavy atom. The summed E-state index contributed by atoms with van der Waals surface area (Å²) < 4.78 is 5.25. The molecule has 0 saturated heterocycles. The highest BCUT2D eigenvalue weighted by Crippen LogP contribution is 2.19. The van der Waals surface area contributed by atoms with Crippen LogP contribution in [0.1, 0.15) is 29.9 Å². The minimum Gasteiger partial charge on any atom is -0.496 e. The first kappa shape index (κ1) is 14.0. The predicted octanol–water partition coefficient (Wildman–Crippen LogP) is 1.54. The van der Waals surface area contributed by atoms with E-state index in [0.717, 1.165) is 16.9 Å². The molecule has 1 unspecified atom stereocenters. The van der Waals surface area contributed by atoms with Crippen molar-refractivity contribution in [1.82, 2.24) is 20.5 Å². The van der Waals surface area contributed by atoms with Gasteiger partial charge in [0.05, 0.1) is 19.6 Å². The number of nitrogens with zero attached hydrogens (tertiary/aromatic N) is 2. The molecular formula is C14H18N4O2. The maximum atomic E-state index is 12.0. The molecule has 0 bridgehead atoms. The van der Waals surface area contributed by atoms with E-state index in [-0.39, 0.29) is 11.9 Å². The summed E-state index contributed by atoms with van der Waals surface area (Å²) in [6.45, 7) is 3.82. The monoisotopic (exact) mass is 274 g/mol. The molecule has 1 aromatic carbocycles. The van der Waals surface area contributed by atoms with Crippen molar-refractivity contribution in [2.24, 2.45) is 0 Å². The molecular weight excluding hydrogens is 256 g/mol. The zero-order valence-electron chi connectivity index (χ0n) is 11.8. The number of rotatable bonds is 5. The summed E-state index contributed by atoms with van der Waals surface area (Å²) in [5.74, 6) is 1.36.